The lowest BCUT2D eigenvalue weighted by molar-refractivity contribution is -0.143. The molecule has 3 amide bonds. The number of carbonyl (C=O) groups excluding carboxylic acids is 2. The normalized spacial score (nSPS) is 11.2. The van der Waals surface area contributed by atoms with Crippen molar-refractivity contribution in [3.8, 4) is 5.75 Å². The van der Waals surface area contributed by atoms with E-state index in [2.05, 4.69) is 10.6 Å². The Balaban J connectivity index is 2.34. The Labute approximate surface area is 156 Å². The van der Waals surface area contributed by atoms with Crippen LogP contribution in [-0.2, 0) is 4.79 Å². The number of urea groups is 1. The second-order valence-corrected chi connectivity index (χ2v) is 6.19. The third-order valence-corrected chi connectivity index (χ3v) is 3.40. The van der Waals surface area contributed by atoms with Gasteiger partial charge in [0, 0.05) is 32.4 Å². The molecule has 1 aromatic rings. The van der Waals surface area contributed by atoms with Crippen molar-refractivity contribution in [1.82, 2.24) is 15.1 Å². The topological polar surface area (TPSA) is 73.9 Å². The van der Waals surface area contributed by atoms with E-state index in [1.54, 1.807) is 38.4 Å². The molecule has 0 unspecified atom stereocenters. The van der Waals surface area contributed by atoms with Crippen LogP contribution in [0.4, 0.5) is 23.7 Å². The number of nitrogens with one attached hydrogen (secondary N) is 2. The second kappa shape index (κ2) is 10.6. The Bertz CT molecular complexity index is 624. The Hall–Kier alpha value is -2.49. The number of anilines is 1. The number of nitrogens with zero attached hydrogens (tertiary/aromatic N) is 2. The molecule has 27 heavy (non-hydrogen) atoms. The molecule has 2 N–H and O–H groups in total. The van der Waals surface area contributed by atoms with Crippen molar-refractivity contribution in [1.29, 1.82) is 0 Å². The van der Waals surface area contributed by atoms with E-state index >= 15 is 0 Å². The Morgan fingerprint density at radius 3 is 2.52 bits per heavy atom. The van der Waals surface area contributed by atoms with Crippen molar-refractivity contribution >= 4 is 17.6 Å². The summed E-state index contributed by atoms with van der Waals surface area (Å²) in [6.45, 7) is -0.652. The lowest BCUT2D eigenvalue weighted by atomic mass is 10.3. The van der Waals surface area contributed by atoms with Gasteiger partial charge in [0.15, 0.2) is 6.61 Å². The van der Waals surface area contributed by atoms with E-state index in [0.29, 0.717) is 17.9 Å². The number of hydrogen-bond acceptors (Lipinski definition) is 4. The minimum atomic E-state index is -4.23. The molecule has 0 aliphatic carbocycles. The fourth-order valence-corrected chi connectivity index (χ4v) is 2.05. The van der Waals surface area contributed by atoms with Crippen LogP contribution in [0.1, 0.15) is 6.42 Å². The molecule has 152 valence electrons. The van der Waals surface area contributed by atoms with Crippen LogP contribution in [0.5, 0.6) is 5.75 Å². The molecule has 0 fully saturated rings. The first kappa shape index (κ1) is 22.6. The monoisotopic (exact) mass is 390 g/mol. The van der Waals surface area contributed by atoms with E-state index in [4.69, 9.17) is 4.74 Å². The van der Waals surface area contributed by atoms with Gasteiger partial charge in [-0.25, -0.2) is 4.79 Å². The lowest BCUT2D eigenvalue weighted by Crippen LogP contribution is -2.34. The van der Waals surface area contributed by atoms with Gasteiger partial charge >= 0.3 is 12.2 Å². The maximum atomic E-state index is 12.2. The summed E-state index contributed by atoms with van der Waals surface area (Å²) in [5.74, 6) is 0.235. The number of hydrogen-bond donors (Lipinski definition) is 2. The molecule has 0 aliphatic heterocycles. The highest BCUT2D eigenvalue weighted by atomic mass is 19.4. The predicted molar refractivity (Wildman–Crippen MR) is 95.8 cm³/mol. The lowest BCUT2D eigenvalue weighted by Gasteiger charge is -2.18. The van der Waals surface area contributed by atoms with Crippen LogP contribution >= 0.6 is 0 Å². The molecule has 0 bridgehead atoms. The number of rotatable bonds is 9. The van der Waals surface area contributed by atoms with Crippen LogP contribution in [0.25, 0.3) is 0 Å². The summed E-state index contributed by atoms with van der Waals surface area (Å²) in [4.78, 5) is 25.9. The summed E-state index contributed by atoms with van der Waals surface area (Å²) in [6, 6.07) is 6.06. The average molecular weight is 390 g/mol. The van der Waals surface area contributed by atoms with Gasteiger partial charge in [0.25, 0.3) is 5.91 Å². The molecule has 0 radical (unpaired) electrons. The largest absolute Gasteiger partial charge is 0.484 e. The molecule has 0 aliphatic rings. The molecule has 10 heteroatoms. The number of ether oxygens (including phenoxy) is 1. The van der Waals surface area contributed by atoms with E-state index in [1.165, 1.54) is 11.9 Å². The maximum absolute atomic E-state index is 12.2. The summed E-state index contributed by atoms with van der Waals surface area (Å²) in [6.07, 6.45) is -3.85. The van der Waals surface area contributed by atoms with Crippen molar-refractivity contribution in [2.45, 2.75) is 12.6 Å². The second-order valence-electron chi connectivity index (χ2n) is 6.19. The smallest absolute Gasteiger partial charge is 0.401 e. The molecular weight excluding hydrogens is 365 g/mol. The third-order valence-electron chi connectivity index (χ3n) is 3.40. The zero-order chi connectivity index (χ0) is 20.4. The van der Waals surface area contributed by atoms with Crippen LogP contribution in [0, 0.1) is 0 Å². The highest BCUT2D eigenvalue weighted by Gasteiger charge is 2.28. The van der Waals surface area contributed by atoms with Gasteiger partial charge in [-0.05, 0) is 32.1 Å². The molecule has 0 saturated heterocycles. The molecule has 0 heterocycles. The first-order chi connectivity index (χ1) is 12.6. The van der Waals surface area contributed by atoms with Crippen molar-refractivity contribution in [3.63, 3.8) is 0 Å². The minimum Gasteiger partial charge on any atom is -0.484 e. The fraction of sp³-hybridized carbons (Fsp3) is 0.529. The van der Waals surface area contributed by atoms with Gasteiger partial charge in [-0.3, -0.25) is 9.69 Å². The number of amides is 3. The first-order valence-electron chi connectivity index (χ1n) is 8.30. The van der Waals surface area contributed by atoms with Gasteiger partial charge in [0.1, 0.15) is 5.75 Å². The fourth-order valence-electron chi connectivity index (χ4n) is 2.05. The number of likely N-dealkylation sites (N-methyl/N-ethyl adjacent to an activating group) is 1. The Morgan fingerprint density at radius 1 is 1.19 bits per heavy atom. The summed E-state index contributed by atoms with van der Waals surface area (Å²) in [5.41, 5.74) is 0.469. The van der Waals surface area contributed by atoms with Gasteiger partial charge in [-0.2, -0.15) is 13.2 Å². The number of benzene rings is 1. The molecule has 0 aromatic heterocycles. The highest BCUT2D eigenvalue weighted by molar-refractivity contribution is 5.89. The molecular formula is C17H25F3N4O3. The maximum Gasteiger partial charge on any atom is 0.401 e. The average Bonchev–Trinajstić information content (AvgIpc) is 2.55. The van der Waals surface area contributed by atoms with E-state index in [-0.39, 0.29) is 25.6 Å². The van der Waals surface area contributed by atoms with Crippen LogP contribution < -0.4 is 15.4 Å². The van der Waals surface area contributed by atoms with Gasteiger partial charge in [-0.1, -0.05) is 6.07 Å². The Morgan fingerprint density at radius 2 is 1.89 bits per heavy atom. The Kier molecular flexibility index (Phi) is 8.86. The van der Waals surface area contributed by atoms with Crippen LogP contribution in [0.2, 0.25) is 0 Å². The minimum absolute atomic E-state index is 0.117. The summed E-state index contributed by atoms with van der Waals surface area (Å²) >= 11 is 0. The van der Waals surface area contributed by atoms with E-state index in [0.717, 1.165) is 4.90 Å². The highest BCUT2D eigenvalue weighted by Crippen LogP contribution is 2.17. The standard InChI is InChI=1S/C17H25F3N4O3/c1-23(2)15(25)11-27-14-7-4-6-13(10-14)22-16(26)21-8-5-9-24(3)12-17(18,19)20/h4,6-7,10H,5,8-9,11-12H2,1-3H3,(H2,21,22,26). The SMILES string of the molecule is CN(CCCNC(=O)Nc1cccc(OCC(=O)N(C)C)c1)CC(F)(F)F. The molecule has 7 nitrogen and oxygen atoms in total. The molecule has 1 rings (SSSR count). The van der Waals surface area contributed by atoms with Gasteiger partial charge in [0.2, 0.25) is 0 Å². The van der Waals surface area contributed by atoms with Gasteiger partial charge in [0.05, 0.1) is 6.54 Å². The van der Waals surface area contributed by atoms with Gasteiger partial charge in [-0.15, -0.1) is 0 Å². The predicted octanol–water partition coefficient (Wildman–Crippen LogP) is 2.16. The van der Waals surface area contributed by atoms with E-state index in [9.17, 15) is 22.8 Å². The van der Waals surface area contributed by atoms with Crippen molar-refractivity contribution in [2.24, 2.45) is 0 Å². The summed E-state index contributed by atoms with van der Waals surface area (Å²) in [7, 11) is 4.61. The quantitative estimate of drug-likeness (QED) is 0.634. The number of halogens is 3. The van der Waals surface area contributed by atoms with Gasteiger partial charge < -0.3 is 20.3 Å². The summed E-state index contributed by atoms with van der Waals surface area (Å²) in [5, 5.41) is 5.17. The summed E-state index contributed by atoms with van der Waals surface area (Å²) < 4.78 is 42.0. The first-order valence-corrected chi connectivity index (χ1v) is 8.30. The van der Waals surface area contributed by atoms with E-state index in [1.807, 2.05) is 0 Å². The van der Waals surface area contributed by atoms with Crippen LogP contribution in [0.3, 0.4) is 0 Å². The molecule has 1 aromatic carbocycles. The molecule has 0 spiro atoms. The zero-order valence-electron chi connectivity index (χ0n) is 15.6. The molecule has 0 atom stereocenters. The zero-order valence-corrected chi connectivity index (χ0v) is 15.6. The number of alkyl halides is 3. The van der Waals surface area contributed by atoms with Crippen molar-refractivity contribution in [2.75, 3.05) is 52.7 Å². The van der Waals surface area contributed by atoms with Crippen LogP contribution in [-0.4, -0.2) is 75.3 Å². The number of carbonyl (C=O) groups is 2. The van der Waals surface area contributed by atoms with Crippen molar-refractivity contribution < 1.29 is 27.5 Å². The van der Waals surface area contributed by atoms with Crippen LogP contribution in [0.15, 0.2) is 24.3 Å². The van der Waals surface area contributed by atoms with E-state index < -0.39 is 18.8 Å². The molecule has 0 saturated carbocycles. The third kappa shape index (κ3) is 10.3. The van der Waals surface area contributed by atoms with Crippen molar-refractivity contribution in [3.05, 3.63) is 24.3 Å².